The SMILES string of the molecule is C[C@@H](N)c1ccc(O)c2c1CCC2. The van der Waals surface area contributed by atoms with Crippen LogP contribution in [0.2, 0.25) is 0 Å². The summed E-state index contributed by atoms with van der Waals surface area (Å²) in [6, 6.07) is 3.79. The first kappa shape index (κ1) is 8.57. The van der Waals surface area contributed by atoms with Gasteiger partial charge in [0.1, 0.15) is 5.75 Å². The summed E-state index contributed by atoms with van der Waals surface area (Å²) in [7, 11) is 0. The van der Waals surface area contributed by atoms with Gasteiger partial charge in [-0.05, 0) is 48.9 Å². The molecule has 2 rings (SSSR count). The molecule has 2 heteroatoms. The standard InChI is InChI=1S/C11H15NO/c1-7(12)8-5-6-11(13)10-4-2-3-9(8)10/h5-7,13H,2-4,12H2,1H3/t7-/m1/s1. The number of rotatable bonds is 1. The number of hydrogen-bond acceptors (Lipinski definition) is 2. The molecule has 0 aliphatic heterocycles. The average Bonchev–Trinajstić information content (AvgIpc) is 2.53. The quantitative estimate of drug-likeness (QED) is 0.688. The Morgan fingerprint density at radius 1 is 1.31 bits per heavy atom. The Balaban J connectivity index is 2.56. The number of aromatic hydroxyl groups is 1. The molecule has 0 fully saturated rings. The van der Waals surface area contributed by atoms with Gasteiger partial charge in [0.05, 0.1) is 0 Å². The first-order valence-corrected chi connectivity index (χ1v) is 4.79. The van der Waals surface area contributed by atoms with Gasteiger partial charge in [-0.25, -0.2) is 0 Å². The van der Waals surface area contributed by atoms with E-state index < -0.39 is 0 Å². The Kier molecular flexibility index (Phi) is 2.00. The van der Waals surface area contributed by atoms with Crippen LogP contribution in [0, 0.1) is 0 Å². The van der Waals surface area contributed by atoms with Gasteiger partial charge >= 0.3 is 0 Å². The second-order valence-corrected chi connectivity index (χ2v) is 3.77. The smallest absolute Gasteiger partial charge is 0.119 e. The van der Waals surface area contributed by atoms with E-state index in [1.807, 2.05) is 13.0 Å². The van der Waals surface area contributed by atoms with Gasteiger partial charge in [-0.3, -0.25) is 0 Å². The van der Waals surface area contributed by atoms with E-state index in [1.54, 1.807) is 6.07 Å². The van der Waals surface area contributed by atoms with Crippen molar-refractivity contribution in [2.75, 3.05) is 0 Å². The van der Waals surface area contributed by atoms with Crippen LogP contribution < -0.4 is 5.73 Å². The van der Waals surface area contributed by atoms with E-state index in [1.165, 1.54) is 11.1 Å². The fourth-order valence-corrected chi connectivity index (χ4v) is 2.14. The minimum Gasteiger partial charge on any atom is -0.508 e. The number of hydrogen-bond donors (Lipinski definition) is 2. The van der Waals surface area contributed by atoms with Crippen molar-refractivity contribution in [2.45, 2.75) is 32.2 Å². The van der Waals surface area contributed by atoms with Crippen molar-refractivity contribution in [3.8, 4) is 5.75 Å². The summed E-state index contributed by atoms with van der Waals surface area (Å²) < 4.78 is 0. The highest BCUT2D eigenvalue weighted by molar-refractivity contribution is 5.47. The molecule has 0 spiro atoms. The Morgan fingerprint density at radius 3 is 2.69 bits per heavy atom. The number of phenolic OH excluding ortho intramolecular Hbond substituents is 1. The number of fused-ring (bicyclic) bond motifs is 1. The molecule has 0 bridgehead atoms. The lowest BCUT2D eigenvalue weighted by atomic mass is 9.98. The zero-order valence-electron chi connectivity index (χ0n) is 7.88. The van der Waals surface area contributed by atoms with E-state index in [-0.39, 0.29) is 6.04 Å². The minimum absolute atomic E-state index is 0.0763. The second-order valence-electron chi connectivity index (χ2n) is 3.77. The molecule has 0 unspecified atom stereocenters. The Bertz CT molecular complexity index is 331. The molecule has 70 valence electrons. The molecule has 0 aromatic heterocycles. The van der Waals surface area contributed by atoms with Crippen LogP contribution in [0.5, 0.6) is 5.75 Å². The van der Waals surface area contributed by atoms with Crippen LogP contribution in [0.1, 0.15) is 36.1 Å². The molecular weight excluding hydrogens is 162 g/mol. The molecule has 1 aromatic carbocycles. The van der Waals surface area contributed by atoms with E-state index in [0.29, 0.717) is 5.75 Å². The normalized spacial score (nSPS) is 17.1. The zero-order valence-corrected chi connectivity index (χ0v) is 7.88. The number of benzene rings is 1. The first-order chi connectivity index (χ1) is 6.20. The fraction of sp³-hybridized carbons (Fsp3) is 0.455. The predicted octanol–water partition coefficient (Wildman–Crippen LogP) is 1.90. The maximum atomic E-state index is 9.60. The molecule has 0 saturated heterocycles. The number of phenols is 1. The third-order valence-corrected chi connectivity index (χ3v) is 2.79. The van der Waals surface area contributed by atoms with Crippen LogP contribution in [0.25, 0.3) is 0 Å². The van der Waals surface area contributed by atoms with E-state index in [4.69, 9.17) is 5.73 Å². The van der Waals surface area contributed by atoms with Crippen molar-refractivity contribution < 1.29 is 5.11 Å². The minimum atomic E-state index is 0.0763. The molecule has 0 amide bonds. The highest BCUT2D eigenvalue weighted by Gasteiger charge is 2.19. The fourth-order valence-electron chi connectivity index (χ4n) is 2.14. The molecule has 1 aliphatic carbocycles. The van der Waals surface area contributed by atoms with E-state index in [0.717, 1.165) is 24.8 Å². The lowest BCUT2D eigenvalue weighted by Crippen LogP contribution is -2.08. The summed E-state index contributed by atoms with van der Waals surface area (Å²) in [5, 5.41) is 9.60. The summed E-state index contributed by atoms with van der Waals surface area (Å²) >= 11 is 0. The molecule has 1 aliphatic rings. The van der Waals surface area contributed by atoms with Gasteiger partial charge in [0, 0.05) is 6.04 Å². The maximum Gasteiger partial charge on any atom is 0.119 e. The summed E-state index contributed by atoms with van der Waals surface area (Å²) in [5.41, 5.74) is 9.46. The largest absolute Gasteiger partial charge is 0.508 e. The molecule has 1 aromatic rings. The van der Waals surface area contributed by atoms with E-state index in [2.05, 4.69) is 0 Å². The second kappa shape index (κ2) is 3.04. The van der Waals surface area contributed by atoms with Gasteiger partial charge in [0.2, 0.25) is 0 Å². The Morgan fingerprint density at radius 2 is 2.00 bits per heavy atom. The lowest BCUT2D eigenvalue weighted by molar-refractivity contribution is 0.468. The molecule has 3 N–H and O–H groups in total. The summed E-state index contributed by atoms with van der Waals surface area (Å²) in [5.74, 6) is 0.442. The van der Waals surface area contributed by atoms with Crippen LogP contribution in [0.15, 0.2) is 12.1 Å². The topological polar surface area (TPSA) is 46.2 Å². The molecule has 2 nitrogen and oxygen atoms in total. The highest BCUT2D eigenvalue weighted by Crippen LogP contribution is 2.34. The molecule has 13 heavy (non-hydrogen) atoms. The summed E-state index contributed by atoms with van der Waals surface area (Å²) in [6.45, 7) is 1.99. The van der Waals surface area contributed by atoms with Crippen LogP contribution in [-0.2, 0) is 12.8 Å². The average molecular weight is 177 g/mol. The van der Waals surface area contributed by atoms with Crippen molar-refractivity contribution in [1.82, 2.24) is 0 Å². The lowest BCUT2D eigenvalue weighted by Gasteiger charge is -2.12. The molecule has 0 saturated carbocycles. The monoisotopic (exact) mass is 177 g/mol. The van der Waals surface area contributed by atoms with Crippen LogP contribution >= 0.6 is 0 Å². The molecule has 0 heterocycles. The van der Waals surface area contributed by atoms with Crippen molar-refractivity contribution >= 4 is 0 Å². The molecular formula is C11H15NO. The van der Waals surface area contributed by atoms with Crippen molar-refractivity contribution in [3.05, 3.63) is 28.8 Å². The van der Waals surface area contributed by atoms with Gasteiger partial charge in [0.25, 0.3) is 0 Å². The van der Waals surface area contributed by atoms with Gasteiger partial charge in [-0.1, -0.05) is 6.07 Å². The summed E-state index contributed by atoms with van der Waals surface area (Å²) in [4.78, 5) is 0. The zero-order chi connectivity index (χ0) is 9.42. The van der Waals surface area contributed by atoms with Gasteiger partial charge in [0.15, 0.2) is 0 Å². The van der Waals surface area contributed by atoms with Crippen molar-refractivity contribution in [2.24, 2.45) is 5.73 Å². The van der Waals surface area contributed by atoms with Crippen LogP contribution in [0.3, 0.4) is 0 Å². The van der Waals surface area contributed by atoms with E-state index >= 15 is 0 Å². The van der Waals surface area contributed by atoms with Gasteiger partial charge in [-0.2, -0.15) is 0 Å². The third-order valence-electron chi connectivity index (χ3n) is 2.79. The Hall–Kier alpha value is -1.02. The van der Waals surface area contributed by atoms with Gasteiger partial charge in [-0.15, -0.1) is 0 Å². The summed E-state index contributed by atoms with van der Waals surface area (Å²) in [6.07, 6.45) is 3.22. The molecule has 1 atom stereocenters. The Labute approximate surface area is 78.4 Å². The van der Waals surface area contributed by atoms with Crippen molar-refractivity contribution in [1.29, 1.82) is 0 Å². The molecule has 0 radical (unpaired) electrons. The third kappa shape index (κ3) is 1.31. The first-order valence-electron chi connectivity index (χ1n) is 4.79. The highest BCUT2D eigenvalue weighted by atomic mass is 16.3. The van der Waals surface area contributed by atoms with Crippen LogP contribution in [-0.4, -0.2) is 5.11 Å². The predicted molar refractivity (Wildman–Crippen MR) is 52.7 cm³/mol. The van der Waals surface area contributed by atoms with E-state index in [9.17, 15) is 5.11 Å². The van der Waals surface area contributed by atoms with Crippen molar-refractivity contribution in [3.63, 3.8) is 0 Å². The maximum absolute atomic E-state index is 9.60. The number of nitrogens with two attached hydrogens (primary N) is 1. The van der Waals surface area contributed by atoms with Gasteiger partial charge < -0.3 is 10.8 Å². The van der Waals surface area contributed by atoms with Crippen LogP contribution in [0.4, 0.5) is 0 Å².